The van der Waals surface area contributed by atoms with Gasteiger partial charge in [0.15, 0.2) is 0 Å². The van der Waals surface area contributed by atoms with Crippen molar-refractivity contribution in [3.8, 4) is 0 Å². The Morgan fingerprint density at radius 2 is 2.04 bits per heavy atom. The fourth-order valence-corrected chi connectivity index (χ4v) is 3.84. The first kappa shape index (κ1) is 22.0. The summed E-state index contributed by atoms with van der Waals surface area (Å²) in [5.41, 5.74) is 1.53. The molecular weight excluding hydrogens is 382 g/mol. The zero-order valence-electron chi connectivity index (χ0n) is 16.6. The number of nitrogens with zero attached hydrogens (tertiary/aromatic N) is 1. The third-order valence-corrected chi connectivity index (χ3v) is 5.36. The van der Waals surface area contributed by atoms with Crippen LogP contribution in [-0.2, 0) is 19.7 Å². The second-order valence-corrected chi connectivity index (χ2v) is 7.80. The SMILES string of the molecule is CCOC(=O)c1ccc(C2(C)CC(=O)N(CCC(=O)O)C=C2C(C)C)cc1Cl. The number of rotatable bonds is 7. The molecule has 1 heterocycles. The first-order valence-corrected chi connectivity index (χ1v) is 9.68. The number of hydrogen-bond acceptors (Lipinski definition) is 4. The summed E-state index contributed by atoms with van der Waals surface area (Å²) in [4.78, 5) is 37.0. The van der Waals surface area contributed by atoms with Gasteiger partial charge in [0.1, 0.15) is 0 Å². The van der Waals surface area contributed by atoms with Crippen LogP contribution in [-0.4, -0.2) is 41.0 Å². The standard InChI is InChI=1S/C21H26ClNO5/c1-5-28-20(27)15-7-6-14(10-17(15)22)21(4)11-18(24)23(9-8-19(25)26)12-16(21)13(2)3/h6-7,10,12-13H,5,8-9,11H2,1-4H3,(H,25,26). The molecule has 0 fully saturated rings. The van der Waals surface area contributed by atoms with Crippen molar-refractivity contribution in [1.29, 1.82) is 0 Å². The highest BCUT2D eigenvalue weighted by Crippen LogP contribution is 2.43. The molecule has 0 aromatic heterocycles. The van der Waals surface area contributed by atoms with Crippen LogP contribution in [0.1, 0.15) is 56.5 Å². The van der Waals surface area contributed by atoms with Crippen molar-refractivity contribution in [2.24, 2.45) is 5.92 Å². The molecule has 1 amide bonds. The number of benzene rings is 1. The van der Waals surface area contributed by atoms with Crippen LogP contribution in [0.5, 0.6) is 0 Å². The number of aliphatic carboxylic acids is 1. The van der Waals surface area contributed by atoms with Crippen molar-refractivity contribution >= 4 is 29.4 Å². The molecule has 152 valence electrons. The van der Waals surface area contributed by atoms with E-state index in [0.717, 1.165) is 11.1 Å². The first-order chi connectivity index (χ1) is 13.1. The van der Waals surface area contributed by atoms with Crippen LogP contribution in [0.3, 0.4) is 0 Å². The number of carbonyl (C=O) groups is 3. The van der Waals surface area contributed by atoms with Crippen LogP contribution < -0.4 is 0 Å². The molecule has 2 rings (SSSR count). The molecule has 6 nitrogen and oxygen atoms in total. The lowest BCUT2D eigenvalue weighted by molar-refractivity contribution is -0.138. The number of esters is 1. The van der Waals surface area contributed by atoms with Crippen molar-refractivity contribution < 1.29 is 24.2 Å². The van der Waals surface area contributed by atoms with Gasteiger partial charge in [0.25, 0.3) is 0 Å². The van der Waals surface area contributed by atoms with Gasteiger partial charge in [0.05, 0.1) is 23.6 Å². The predicted molar refractivity (Wildman–Crippen MR) is 106 cm³/mol. The van der Waals surface area contributed by atoms with Gasteiger partial charge in [0, 0.05) is 24.6 Å². The third kappa shape index (κ3) is 4.55. The molecular formula is C21H26ClNO5. The van der Waals surface area contributed by atoms with Crippen LogP contribution in [0.15, 0.2) is 30.0 Å². The van der Waals surface area contributed by atoms with Crippen LogP contribution in [0.25, 0.3) is 0 Å². The minimum atomic E-state index is -0.943. The number of carbonyl (C=O) groups excluding carboxylic acids is 2. The second-order valence-electron chi connectivity index (χ2n) is 7.39. The Hall–Kier alpha value is -2.34. The van der Waals surface area contributed by atoms with Crippen molar-refractivity contribution in [1.82, 2.24) is 4.90 Å². The average molecular weight is 408 g/mol. The Kier molecular flexibility index (Phi) is 6.88. The number of allylic oxidation sites excluding steroid dienone is 1. The van der Waals surface area contributed by atoms with Gasteiger partial charge in [-0.15, -0.1) is 0 Å². The predicted octanol–water partition coefficient (Wildman–Crippen LogP) is 4.02. The van der Waals surface area contributed by atoms with Crippen LogP contribution in [0, 0.1) is 5.92 Å². The molecule has 0 saturated carbocycles. The van der Waals surface area contributed by atoms with E-state index in [2.05, 4.69) is 0 Å². The lowest BCUT2D eigenvalue weighted by Gasteiger charge is -2.41. The average Bonchev–Trinajstić information content (AvgIpc) is 2.60. The van der Waals surface area contributed by atoms with E-state index >= 15 is 0 Å². The number of carboxylic acid groups (broad SMARTS) is 1. The Morgan fingerprint density at radius 3 is 2.57 bits per heavy atom. The van der Waals surface area contributed by atoms with Gasteiger partial charge in [-0.3, -0.25) is 9.59 Å². The summed E-state index contributed by atoms with van der Waals surface area (Å²) in [7, 11) is 0. The largest absolute Gasteiger partial charge is 0.481 e. The molecule has 1 aromatic rings. The Bertz CT molecular complexity index is 817. The molecule has 1 aromatic carbocycles. The Morgan fingerprint density at radius 1 is 1.36 bits per heavy atom. The van der Waals surface area contributed by atoms with Crippen molar-refractivity contribution in [2.45, 2.75) is 46.0 Å². The maximum absolute atomic E-state index is 12.7. The van der Waals surface area contributed by atoms with Crippen molar-refractivity contribution in [2.75, 3.05) is 13.2 Å². The quantitative estimate of drug-likeness (QED) is 0.690. The lowest BCUT2D eigenvalue weighted by atomic mass is 9.68. The number of halogens is 1. The third-order valence-electron chi connectivity index (χ3n) is 5.05. The molecule has 0 aliphatic carbocycles. The molecule has 1 aliphatic heterocycles. The van der Waals surface area contributed by atoms with Gasteiger partial charge in [-0.05, 0) is 36.1 Å². The van der Waals surface area contributed by atoms with Crippen molar-refractivity contribution in [3.63, 3.8) is 0 Å². The fraction of sp³-hybridized carbons (Fsp3) is 0.476. The highest BCUT2D eigenvalue weighted by molar-refractivity contribution is 6.33. The molecule has 7 heteroatoms. The minimum absolute atomic E-state index is 0.107. The van der Waals surface area contributed by atoms with Crippen molar-refractivity contribution in [3.05, 3.63) is 46.1 Å². The van der Waals surface area contributed by atoms with E-state index in [-0.39, 0.29) is 48.4 Å². The zero-order chi connectivity index (χ0) is 21.1. The van der Waals surface area contributed by atoms with Gasteiger partial charge in [-0.1, -0.05) is 38.4 Å². The van der Waals surface area contributed by atoms with Gasteiger partial charge in [-0.2, -0.15) is 0 Å². The summed E-state index contributed by atoms with van der Waals surface area (Å²) >= 11 is 6.34. The summed E-state index contributed by atoms with van der Waals surface area (Å²) in [6.45, 7) is 8.16. The van der Waals surface area contributed by atoms with E-state index in [1.165, 1.54) is 4.90 Å². The molecule has 0 radical (unpaired) electrons. The van der Waals surface area contributed by atoms with E-state index < -0.39 is 17.4 Å². The first-order valence-electron chi connectivity index (χ1n) is 9.30. The van der Waals surface area contributed by atoms with E-state index in [4.69, 9.17) is 21.4 Å². The summed E-state index contributed by atoms with van der Waals surface area (Å²) in [5, 5.41) is 9.19. The number of carboxylic acids is 1. The molecule has 0 spiro atoms. The minimum Gasteiger partial charge on any atom is -0.481 e. The van der Waals surface area contributed by atoms with Gasteiger partial charge in [-0.25, -0.2) is 4.79 Å². The highest BCUT2D eigenvalue weighted by Gasteiger charge is 2.40. The maximum Gasteiger partial charge on any atom is 0.339 e. The molecule has 28 heavy (non-hydrogen) atoms. The van der Waals surface area contributed by atoms with Gasteiger partial charge in [0.2, 0.25) is 5.91 Å². The molecule has 0 saturated heterocycles. The topological polar surface area (TPSA) is 83.9 Å². The highest BCUT2D eigenvalue weighted by atomic mass is 35.5. The lowest BCUT2D eigenvalue weighted by Crippen LogP contribution is -2.42. The maximum atomic E-state index is 12.7. The van der Waals surface area contributed by atoms with Gasteiger partial charge >= 0.3 is 11.9 Å². The zero-order valence-corrected chi connectivity index (χ0v) is 17.4. The van der Waals surface area contributed by atoms with Crippen LogP contribution >= 0.6 is 11.6 Å². The number of amides is 1. The monoisotopic (exact) mass is 407 g/mol. The molecule has 1 N–H and O–H groups in total. The number of ether oxygens (including phenoxy) is 1. The normalized spacial score (nSPS) is 19.6. The molecule has 1 aliphatic rings. The van der Waals surface area contributed by atoms with E-state index in [9.17, 15) is 14.4 Å². The Balaban J connectivity index is 2.43. The van der Waals surface area contributed by atoms with Gasteiger partial charge < -0.3 is 14.7 Å². The smallest absolute Gasteiger partial charge is 0.339 e. The Labute approximate surface area is 170 Å². The molecule has 1 atom stereocenters. The molecule has 1 unspecified atom stereocenters. The molecule has 0 bridgehead atoms. The van der Waals surface area contributed by atoms with E-state index in [0.29, 0.717) is 0 Å². The fourth-order valence-electron chi connectivity index (χ4n) is 3.58. The summed E-state index contributed by atoms with van der Waals surface area (Å²) in [5.74, 6) is -1.43. The van der Waals surface area contributed by atoms with E-state index in [1.807, 2.05) is 20.8 Å². The van der Waals surface area contributed by atoms with Crippen LogP contribution in [0.4, 0.5) is 0 Å². The second kappa shape index (κ2) is 8.78. The summed E-state index contributed by atoms with van der Waals surface area (Å²) < 4.78 is 5.01. The summed E-state index contributed by atoms with van der Waals surface area (Å²) in [6.07, 6.45) is 1.86. The number of hydrogen-bond donors (Lipinski definition) is 1. The van der Waals surface area contributed by atoms with Crippen LogP contribution in [0.2, 0.25) is 5.02 Å². The summed E-state index contributed by atoms with van der Waals surface area (Å²) in [6, 6.07) is 5.14. The van der Waals surface area contributed by atoms with E-state index in [1.54, 1.807) is 31.3 Å².